The summed E-state index contributed by atoms with van der Waals surface area (Å²) in [4.78, 5) is 26.3. The Morgan fingerprint density at radius 3 is 2.72 bits per heavy atom. The molecule has 0 spiro atoms. The minimum Gasteiger partial charge on any atom is -0.392 e. The van der Waals surface area contributed by atoms with Crippen molar-refractivity contribution in [2.45, 2.75) is 12.7 Å². The Morgan fingerprint density at radius 2 is 2.03 bits per heavy atom. The van der Waals surface area contributed by atoms with Crippen LogP contribution in [0.1, 0.15) is 16.7 Å². The second-order valence-corrected chi connectivity index (χ2v) is 9.15. The molecule has 0 aliphatic carbocycles. The molecule has 8 nitrogen and oxygen atoms in total. The van der Waals surface area contributed by atoms with Crippen molar-refractivity contribution in [3.63, 3.8) is 0 Å². The van der Waals surface area contributed by atoms with Crippen molar-refractivity contribution in [1.29, 1.82) is 5.53 Å². The number of hydrogen-bond acceptors (Lipinski definition) is 7. The lowest BCUT2D eigenvalue weighted by atomic mass is 10.1. The first-order valence-electron chi connectivity index (χ1n) is 10.4. The van der Waals surface area contributed by atoms with Crippen LogP contribution in [-0.4, -0.2) is 39.4 Å². The molecule has 13 heteroatoms. The van der Waals surface area contributed by atoms with Crippen LogP contribution in [0, 0.1) is 5.53 Å². The average Bonchev–Trinajstić information content (AvgIpc) is 3.34. The molecule has 2 N–H and O–H groups in total. The molecule has 1 aliphatic rings. The molecule has 4 rings (SSSR count). The van der Waals surface area contributed by atoms with E-state index in [0.29, 0.717) is 16.5 Å². The van der Waals surface area contributed by atoms with Gasteiger partial charge in [0.05, 0.1) is 41.0 Å². The van der Waals surface area contributed by atoms with Gasteiger partial charge in [-0.3, -0.25) is 19.2 Å². The largest absolute Gasteiger partial charge is 0.416 e. The first-order chi connectivity index (χ1) is 17.1. The molecular weight excluding hydrogens is 517 g/mol. The molecule has 0 saturated carbocycles. The number of rotatable bonds is 7. The molecular formula is C23H18ClF3N6O2S. The van der Waals surface area contributed by atoms with Crippen LogP contribution in [0.25, 0.3) is 17.0 Å². The van der Waals surface area contributed by atoms with Gasteiger partial charge in [-0.25, -0.2) is 5.53 Å². The van der Waals surface area contributed by atoms with Crippen molar-refractivity contribution in [1.82, 2.24) is 20.0 Å². The van der Waals surface area contributed by atoms with Gasteiger partial charge >= 0.3 is 6.18 Å². The van der Waals surface area contributed by atoms with Gasteiger partial charge < -0.3 is 5.32 Å². The van der Waals surface area contributed by atoms with Gasteiger partial charge in [0.15, 0.2) is 0 Å². The van der Waals surface area contributed by atoms with Crippen LogP contribution in [0.5, 0.6) is 0 Å². The van der Waals surface area contributed by atoms with Crippen molar-refractivity contribution in [2.24, 2.45) is 5.11 Å². The van der Waals surface area contributed by atoms with Crippen molar-refractivity contribution in [3.05, 3.63) is 81.1 Å². The average molecular weight is 535 g/mol. The van der Waals surface area contributed by atoms with Gasteiger partial charge in [0.2, 0.25) is 0 Å². The van der Waals surface area contributed by atoms with E-state index in [2.05, 4.69) is 15.5 Å². The molecule has 36 heavy (non-hydrogen) atoms. The molecule has 3 aromatic rings. The lowest BCUT2D eigenvalue weighted by Gasteiger charge is -2.14. The molecule has 1 aliphatic heterocycles. The van der Waals surface area contributed by atoms with Crippen LogP contribution in [0.3, 0.4) is 0 Å². The van der Waals surface area contributed by atoms with Crippen LogP contribution in [0.4, 0.5) is 18.0 Å². The Balaban J connectivity index is 1.58. The van der Waals surface area contributed by atoms with Crippen molar-refractivity contribution in [3.8, 4) is 0 Å². The number of carbonyl (C=O) groups is 2. The van der Waals surface area contributed by atoms with Gasteiger partial charge in [-0.05, 0) is 53.2 Å². The number of hydrogen-bond donors (Lipinski definition) is 2. The lowest BCUT2D eigenvalue weighted by Crippen LogP contribution is -2.30. The van der Waals surface area contributed by atoms with Crippen molar-refractivity contribution < 1.29 is 22.8 Å². The number of imide groups is 1. The van der Waals surface area contributed by atoms with Crippen molar-refractivity contribution >= 4 is 51.5 Å². The zero-order valence-corrected chi connectivity index (χ0v) is 20.2. The predicted octanol–water partition coefficient (Wildman–Crippen LogP) is 5.88. The summed E-state index contributed by atoms with van der Waals surface area (Å²) in [5.74, 6) is -0.506. The number of carbonyl (C=O) groups excluding carboxylic acids is 2. The summed E-state index contributed by atoms with van der Waals surface area (Å²) in [6, 6.07) is 8.72. The molecule has 0 radical (unpaired) electrons. The predicted molar refractivity (Wildman–Crippen MR) is 130 cm³/mol. The topological polar surface area (TPSA) is 103 Å². The molecule has 1 saturated heterocycles. The number of thioether (sulfide) groups is 1. The van der Waals surface area contributed by atoms with Crippen LogP contribution in [0.15, 0.2) is 64.5 Å². The third-order valence-electron chi connectivity index (χ3n) is 5.31. The van der Waals surface area contributed by atoms with Gasteiger partial charge in [-0.1, -0.05) is 23.7 Å². The minimum absolute atomic E-state index is 0.00572. The molecule has 2 heterocycles. The molecule has 186 valence electrons. The number of amides is 2. The fourth-order valence-corrected chi connectivity index (χ4v) is 4.67. The highest BCUT2D eigenvalue weighted by atomic mass is 35.5. The first kappa shape index (κ1) is 25.5. The van der Waals surface area contributed by atoms with Gasteiger partial charge in [0.1, 0.15) is 0 Å². The third kappa shape index (κ3) is 5.29. The fraction of sp³-hybridized carbons (Fsp3) is 0.174. The quantitative estimate of drug-likeness (QED) is 0.291. The molecule has 2 amide bonds. The molecule has 1 fully saturated rings. The van der Waals surface area contributed by atoms with Gasteiger partial charge in [-0.15, -0.1) is 0 Å². The van der Waals surface area contributed by atoms with Gasteiger partial charge in [0, 0.05) is 23.7 Å². The zero-order valence-electron chi connectivity index (χ0n) is 18.6. The number of nitrogens with one attached hydrogen (secondary N) is 2. The van der Waals surface area contributed by atoms with E-state index in [0.717, 1.165) is 22.7 Å². The van der Waals surface area contributed by atoms with E-state index in [-0.39, 0.29) is 34.3 Å². The summed E-state index contributed by atoms with van der Waals surface area (Å²) in [7, 11) is 1.61. The van der Waals surface area contributed by atoms with Crippen LogP contribution in [0.2, 0.25) is 5.02 Å². The standard InChI is InChI=1S/C23H18ClF3N6O2S/c1-29-10-17(31-28)12-32-21(34)20(36-22(32)35)7-13-2-5-19-15(6-13)9-30-33(19)11-14-3-4-16(24)8-18(14)23(25,26)27/h2-10,28-29H,11-12H2,1H3/b17-10-,20-7-,31-28?. The van der Waals surface area contributed by atoms with E-state index in [1.54, 1.807) is 31.3 Å². The summed E-state index contributed by atoms with van der Waals surface area (Å²) >= 11 is 6.54. The van der Waals surface area contributed by atoms with E-state index < -0.39 is 22.9 Å². The van der Waals surface area contributed by atoms with E-state index in [1.807, 2.05) is 0 Å². The number of benzene rings is 2. The maximum atomic E-state index is 13.5. The molecule has 0 bridgehead atoms. The van der Waals surface area contributed by atoms with Crippen LogP contribution >= 0.6 is 23.4 Å². The van der Waals surface area contributed by atoms with Crippen LogP contribution < -0.4 is 5.32 Å². The third-order valence-corrected chi connectivity index (χ3v) is 6.45. The highest BCUT2D eigenvalue weighted by Crippen LogP contribution is 2.35. The fourth-order valence-electron chi connectivity index (χ4n) is 3.66. The van der Waals surface area contributed by atoms with E-state index >= 15 is 0 Å². The maximum absolute atomic E-state index is 13.5. The van der Waals surface area contributed by atoms with Crippen molar-refractivity contribution in [2.75, 3.05) is 13.6 Å². The maximum Gasteiger partial charge on any atom is 0.416 e. The Bertz CT molecular complexity index is 1430. The molecule has 1 aromatic heterocycles. The Labute approximate surface area is 212 Å². The normalized spacial score (nSPS) is 15.9. The highest BCUT2D eigenvalue weighted by molar-refractivity contribution is 8.18. The van der Waals surface area contributed by atoms with Gasteiger partial charge in [0.25, 0.3) is 11.1 Å². The SMILES string of the molecule is CN/C=C(/CN1C(=O)S/C(=C\c2ccc3c(cnn3Cc3ccc(Cl)cc3C(F)(F)F)c2)C1=O)N=N. The zero-order chi connectivity index (χ0) is 26.0. The Morgan fingerprint density at radius 1 is 1.25 bits per heavy atom. The number of aromatic nitrogens is 2. The number of nitrogens with zero attached hydrogens (tertiary/aromatic N) is 4. The summed E-state index contributed by atoms with van der Waals surface area (Å²) in [6.45, 7) is -0.250. The number of fused-ring (bicyclic) bond motifs is 1. The summed E-state index contributed by atoms with van der Waals surface area (Å²) in [5.41, 5.74) is 7.80. The van der Waals surface area contributed by atoms with E-state index in [4.69, 9.17) is 17.1 Å². The summed E-state index contributed by atoms with van der Waals surface area (Å²) in [6.07, 6.45) is -0.0565. The van der Waals surface area contributed by atoms with Crippen LogP contribution in [-0.2, 0) is 17.5 Å². The summed E-state index contributed by atoms with van der Waals surface area (Å²) < 4.78 is 41.8. The minimum atomic E-state index is -4.56. The van der Waals surface area contributed by atoms with E-state index in [1.165, 1.54) is 29.2 Å². The monoisotopic (exact) mass is 534 g/mol. The van der Waals surface area contributed by atoms with E-state index in [9.17, 15) is 22.8 Å². The second kappa shape index (κ2) is 10.2. The second-order valence-electron chi connectivity index (χ2n) is 7.72. The van der Waals surface area contributed by atoms with Gasteiger partial charge in [-0.2, -0.15) is 23.4 Å². The number of alkyl halides is 3. The Kier molecular flexibility index (Phi) is 7.18. The summed E-state index contributed by atoms with van der Waals surface area (Å²) in [5, 5.41) is 10.4. The molecule has 0 atom stereocenters. The number of halogens is 4. The first-order valence-corrected chi connectivity index (χ1v) is 11.6. The Hall–Kier alpha value is -3.64. The molecule has 2 aromatic carbocycles. The highest BCUT2D eigenvalue weighted by Gasteiger charge is 2.36. The smallest absolute Gasteiger partial charge is 0.392 e. The lowest BCUT2D eigenvalue weighted by molar-refractivity contribution is -0.138. The molecule has 0 unspecified atom stereocenters.